The highest BCUT2D eigenvalue weighted by Crippen LogP contribution is 2.19. The average Bonchev–Trinajstić information content (AvgIpc) is 2.81. The van der Waals surface area contributed by atoms with Crippen LogP contribution in [0.4, 0.5) is 0 Å². The first-order chi connectivity index (χ1) is 7.69. The molecule has 0 aliphatic heterocycles. The molecule has 0 aromatic carbocycles. The number of nitrogens with one attached hydrogen (secondary N) is 1. The van der Waals surface area contributed by atoms with Gasteiger partial charge in [0.2, 0.25) is 0 Å². The summed E-state index contributed by atoms with van der Waals surface area (Å²) in [6.45, 7) is 5.00. The van der Waals surface area contributed by atoms with Crippen molar-refractivity contribution in [2.75, 3.05) is 6.54 Å². The molecule has 0 fully saturated rings. The van der Waals surface area contributed by atoms with Gasteiger partial charge in [-0.3, -0.25) is 4.79 Å². The maximum atomic E-state index is 11.6. The SMILES string of the molecule is CCC(CC)C(Br)CNC(=O)c1cscn1. The molecule has 0 bridgehead atoms. The second-order valence-corrected chi connectivity index (χ2v) is 5.57. The Morgan fingerprint density at radius 1 is 1.56 bits per heavy atom. The molecule has 1 heterocycles. The number of aromatic nitrogens is 1. The molecule has 3 nitrogen and oxygen atoms in total. The highest BCUT2D eigenvalue weighted by Gasteiger charge is 2.16. The number of hydrogen-bond acceptors (Lipinski definition) is 3. The predicted octanol–water partition coefficient (Wildman–Crippen LogP) is 3.07. The molecule has 90 valence electrons. The number of halogens is 1. The van der Waals surface area contributed by atoms with Gasteiger partial charge in [-0.25, -0.2) is 4.98 Å². The quantitative estimate of drug-likeness (QED) is 0.821. The Labute approximate surface area is 109 Å². The number of nitrogens with zero attached hydrogens (tertiary/aromatic N) is 1. The van der Waals surface area contributed by atoms with E-state index >= 15 is 0 Å². The third kappa shape index (κ3) is 3.87. The molecule has 1 N–H and O–H groups in total. The predicted molar refractivity (Wildman–Crippen MR) is 71.2 cm³/mol. The molecular formula is C11H17BrN2OS. The van der Waals surface area contributed by atoms with E-state index in [4.69, 9.17) is 0 Å². The van der Waals surface area contributed by atoms with Crippen molar-refractivity contribution in [3.63, 3.8) is 0 Å². The molecule has 0 radical (unpaired) electrons. The summed E-state index contributed by atoms with van der Waals surface area (Å²) in [6, 6.07) is 0. The molecule has 0 aliphatic rings. The summed E-state index contributed by atoms with van der Waals surface area (Å²) < 4.78 is 0. The fourth-order valence-corrected chi connectivity index (χ4v) is 3.01. The van der Waals surface area contributed by atoms with Crippen LogP contribution < -0.4 is 5.32 Å². The summed E-state index contributed by atoms with van der Waals surface area (Å²) in [7, 11) is 0. The number of alkyl halides is 1. The Bertz CT molecular complexity index is 312. The Hall–Kier alpha value is -0.420. The molecule has 1 unspecified atom stereocenters. The van der Waals surface area contributed by atoms with Crippen LogP contribution in [0.15, 0.2) is 10.9 Å². The average molecular weight is 305 g/mol. The Balaban J connectivity index is 2.37. The van der Waals surface area contributed by atoms with Gasteiger partial charge < -0.3 is 5.32 Å². The van der Waals surface area contributed by atoms with Gasteiger partial charge in [0.25, 0.3) is 5.91 Å². The topological polar surface area (TPSA) is 42.0 Å². The van der Waals surface area contributed by atoms with Crippen molar-refractivity contribution >= 4 is 33.2 Å². The standard InChI is InChI=1S/C11H17BrN2OS/c1-3-8(4-2)9(12)5-13-11(15)10-6-16-7-14-10/h6-9H,3-5H2,1-2H3,(H,13,15). The highest BCUT2D eigenvalue weighted by atomic mass is 79.9. The lowest BCUT2D eigenvalue weighted by molar-refractivity contribution is 0.0948. The van der Waals surface area contributed by atoms with Crippen LogP contribution in [-0.4, -0.2) is 22.3 Å². The number of carbonyl (C=O) groups excluding carboxylic acids is 1. The van der Waals surface area contributed by atoms with Crippen LogP contribution in [0, 0.1) is 5.92 Å². The zero-order valence-corrected chi connectivity index (χ0v) is 12.0. The second-order valence-electron chi connectivity index (χ2n) is 3.68. The Morgan fingerprint density at radius 2 is 2.25 bits per heavy atom. The molecule has 16 heavy (non-hydrogen) atoms. The third-order valence-corrected chi connectivity index (χ3v) is 4.34. The maximum absolute atomic E-state index is 11.6. The van der Waals surface area contributed by atoms with Crippen molar-refractivity contribution in [1.82, 2.24) is 10.3 Å². The zero-order chi connectivity index (χ0) is 12.0. The molecule has 1 amide bonds. The van der Waals surface area contributed by atoms with Gasteiger partial charge in [-0.2, -0.15) is 0 Å². The number of hydrogen-bond donors (Lipinski definition) is 1. The van der Waals surface area contributed by atoms with Crippen molar-refractivity contribution < 1.29 is 4.79 Å². The van der Waals surface area contributed by atoms with E-state index in [2.05, 4.69) is 40.1 Å². The first kappa shape index (κ1) is 13.6. The van der Waals surface area contributed by atoms with E-state index in [1.54, 1.807) is 10.9 Å². The summed E-state index contributed by atoms with van der Waals surface area (Å²) >= 11 is 5.06. The minimum absolute atomic E-state index is 0.0864. The molecule has 0 saturated carbocycles. The van der Waals surface area contributed by atoms with Gasteiger partial charge in [0.05, 0.1) is 5.51 Å². The molecule has 0 spiro atoms. The van der Waals surface area contributed by atoms with E-state index in [9.17, 15) is 4.79 Å². The van der Waals surface area contributed by atoms with E-state index < -0.39 is 0 Å². The van der Waals surface area contributed by atoms with Crippen molar-refractivity contribution in [3.05, 3.63) is 16.6 Å². The number of thiazole rings is 1. The van der Waals surface area contributed by atoms with E-state index in [0.29, 0.717) is 23.0 Å². The maximum Gasteiger partial charge on any atom is 0.270 e. The van der Waals surface area contributed by atoms with E-state index in [-0.39, 0.29) is 5.91 Å². The van der Waals surface area contributed by atoms with Gasteiger partial charge in [-0.1, -0.05) is 42.6 Å². The second kappa shape index (κ2) is 7.01. The molecule has 1 aromatic rings. The van der Waals surface area contributed by atoms with Crippen LogP contribution in [0.2, 0.25) is 0 Å². The van der Waals surface area contributed by atoms with E-state index in [0.717, 1.165) is 12.8 Å². The summed E-state index contributed by atoms with van der Waals surface area (Å²) in [5.41, 5.74) is 2.18. The molecule has 0 aliphatic carbocycles. The van der Waals surface area contributed by atoms with Crippen molar-refractivity contribution in [2.24, 2.45) is 5.92 Å². The monoisotopic (exact) mass is 304 g/mol. The summed E-state index contributed by atoms with van der Waals surface area (Å²) in [4.78, 5) is 15.9. The lowest BCUT2D eigenvalue weighted by atomic mass is 9.99. The lowest BCUT2D eigenvalue weighted by Crippen LogP contribution is -2.33. The zero-order valence-electron chi connectivity index (χ0n) is 9.57. The molecule has 1 rings (SSSR count). The molecule has 5 heteroatoms. The first-order valence-electron chi connectivity index (χ1n) is 5.49. The molecule has 1 atom stereocenters. The fourth-order valence-electron chi connectivity index (χ4n) is 1.57. The van der Waals surface area contributed by atoms with Gasteiger partial charge in [0.1, 0.15) is 5.69 Å². The summed E-state index contributed by atoms with van der Waals surface area (Å²) in [5.74, 6) is 0.521. The number of amides is 1. The molecule has 1 aromatic heterocycles. The summed E-state index contributed by atoms with van der Waals surface area (Å²) in [5, 5.41) is 4.65. The van der Waals surface area contributed by atoms with Gasteiger partial charge >= 0.3 is 0 Å². The minimum Gasteiger partial charge on any atom is -0.350 e. The van der Waals surface area contributed by atoms with Crippen LogP contribution in [0.5, 0.6) is 0 Å². The van der Waals surface area contributed by atoms with Crippen molar-refractivity contribution in [1.29, 1.82) is 0 Å². The van der Waals surface area contributed by atoms with Gasteiger partial charge in [-0.15, -0.1) is 11.3 Å². The normalized spacial score (nSPS) is 12.8. The largest absolute Gasteiger partial charge is 0.350 e. The van der Waals surface area contributed by atoms with Gasteiger partial charge in [-0.05, 0) is 5.92 Å². The minimum atomic E-state index is -0.0864. The Kier molecular flexibility index (Phi) is 5.98. The number of carbonyl (C=O) groups is 1. The van der Waals surface area contributed by atoms with Crippen LogP contribution in [0.3, 0.4) is 0 Å². The first-order valence-corrected chi connectivity index (χ1v) is 7.35. The summed E-state index contributed by atoms with van der Waals surface area (Å²) in [6.07, 6.45) is 2.25. The smallest absolute Gasteiger partial charge is 0.270 e. The fraction of sp³-hybridized carbons (Fsp3) is 0.636. The van der Waals surface area contributed by atoms with Gasteiger partial charge in [0.15, 0.2) is 0 Å². The number of rotatable bonds is 6. The highest BCUT2D eigenvalue weighted by molar-refractivity contribution is 9.09. The van der Waals surface area contributed by atoms with Crippen molar-refractivity contribution in [3.8, 4) is 0 Å². The van der Waals surface area contributed by atoms with Crippen LogP contribution in [0.1, 0.15) is 37.2 Å². The van der Waals surface area contributed by atoms with Gasteiger partial charge in [0, 0.05) is 16.8 Å². The molecular weight excluding hydrogens is 288 g/mol. The van der Waals surface area contributed by atoms with E-state index in [1.807, 2.05) is 0 Å². The van der Waals surface area contributed by atoms with Crippen LogP contribution in [-0.2, 0) is 0 Å². The van der Waals surface area contributed by atoms with Crippen LogP contribution >= 0.6 is 27.3 Å². The lowest BCUT2D eigenvalue weighted by Gasteiger charge is -2.19. The Morgan fingerprint density at radius 3 is 2.75 bits per heavy atom. The third-order valence-electron chi connectivity index (χ3n) is 2.68. The van der Waals surface area contributed by atoms with Crippen molar-refractivity contribution in [2.45, 2.75) is 31.5 Å². The molecule has 0 saturated heterocycles. The van der Waals surface area contributed by atoms with E-state index in [1.165, 1.54) is 11.3 Å². The van der Waals surface area contributed by atoms with Crippen LogP contribution in [0.25, 0.3) is 0 Å².